The fraction of sp³-hybridized carbons (Fsp3) is 0.182. The smallest absolute Gasteiger partial charge is 0.223 e. The topological polar surface area (TPSA) is 85.2 Å². The van der Waals surface area contributed by atoms with E-state index < -0.39 is 0 Å². The van der Waals surface area contributed by atoms with E-state index in [2.05, 4.69) is 58.1 Å². The highest BCUT2D eigenvalue weighted by Crippen LogP contribution is 2.26. The van der Waals surface area contributed by atoms with Crippen LogP contribution in [-0.2, 0) is 6.54 Å². The summed E-state index contributed by atoms with van der Waals surface area (Å²) < 4.78 is 1.92. The Hall–Kier alpha value is -3.45. The summed E-state index contributed by atoms with van der Waals surface area (Å²) in [5.74, 6) is 0.123. The monoisotopic (exact) mass is 417 g/mol. The molecular weight excluding hydrogens is 398 g/mol. The SMILES string of the molecule is Cc1ccccc1N1C=c2c(C)cccc2=NC1Cn1cnc2c(Cl)nc(N)nc21. The first kappa shape index (κ1) is 18.6. The van der Waals surface area contributed by atoms with E-state index >= 15 is 0 Å². The molecular formula is C22H20ClN7. The van der Waals surface area contributed by atoms with Gasteiger partial charge in [0.05, 0.1) is 18.2 Å². The van der Waals surface area contributed by atoms with Crippen LogP contribution in [0.1, 0.15) is 11.1 Å². The molecule has 1 unspecified atom stereocenters. The molecule has 0 saturated heterocycles. The second-order valence-electron chi connectivity index (χ2n) is 7.38. The summed E-state index contributed by atoms with van der Waals surface area (Å²) in [6.07, 6.45) is 3.70. The molecule has 4 aromatic rings. The lowest BCUT2D eigenvalue weighted by Crippen LogP contribution is -2.45. The molecule has 150 valence electrons. The molecule has 0 fully saturated rings. The van der Waals surface area contributed by atoms with E-state index in [4.69, 9.17) is 22.3 Å². The van der Waals surface area contributed by atoms with Crippen molar-refractivity contribution < 1.29 is 0 Å². The van der Waals surface area contributed by atoms with Crippen LogP contribution >= 0.6 is 11.6 Å². The molecule has 2 N–H and O–H groups in total. The van der Waals surface area contributed by atoms with E-state index in [-0.39, 0.29) is 17.3 Å². The number of halogens is 1. The number of nitrogens with two attached hydrogens (primary N) is 1. The highest BCUT2D eigenvalue weighted by Gasteiger charge is 2.23. The maximum atomic E-state index is 6.20. The fourth-order valence-corrected chi connectivity index (χ4v) is 4.06. The van der Waals surface area contributed by atoms with Gasteiger partial charge in [-0.2, -0.15) is 9.97 Å². The van der Waals surface area contributed by atoms with Gasteiger partial charge in [0, 0.05) is 17.1 Å². The van der Waals surface area contributed by atoms with E-state index in [0.717, 1.165) is 16.3 Å². The average molecular weight is 418 g/mol. The molecule has 1 aliphatic rings. The predicted octanol–water partition coefficient (Wildman–Crippen LogP) is 2.58. The molecule has 0 amide bonds. The van der Waals surface area contributed by atoms with Crippen molar-refractivity contribution in [1.29, 1.82) is 0 Å². The molecule has 0 saturated carbocycles. The summed E-state index contributed by atoms with van der Waals surface area (Å²) in [4.78, 5) is 20.0. The highest BCUT2D eigenvalue weighted by molar-refractivity contribution is 6.33. The standard InChI is InChI=1S/C22H20ClN7/c1-13-7-5-8-16-15(13)10-30(17-9-4-3-6-14(17)2)18(26-16)11-29-12-25-19-20(23)27-22(24)28-21(19)29/h3-10,12,18H,11H2,1-2H3,(H2,24,27,28). The first-order valence-corrected chi connectivity index (χ1v) is 10.0. The van der Waals surface area contributed by atoms with E-state index in [1.54, 1.807) is 6.33 Å². The number of anilines is 2. The Morgan fingerprint density at radius 2 is 1.83 bits per heavy atom. The summed E-state index contributed by atoms with van der Waals surface area (Å²) in [5.41, 5.74) is 10.4. The molecule has 3 heterocycles. The van der Waals surface area contributed by atoms with Gasteiger partial charge in [0.1, 0.15) is 11.7 Å². The Bertz CT molecular complexity index is 1390. The zero-order valence-electron chi connectivity index (χ0n) is 16.6. The van der Waals surface area contributed by atoms with Gasteiger partial charge in [-0.15, -0.1) is 0 Å². The third-order valence-electron chi connectivity index (χ3n) is 5.37. The van der Waals surface area contributed by atoms with E-state index in [1.165, 1.54) is 11.1 Å². The van der Waals surface area contributed by atoms with Crippen molar-refractivity contribution in [2.24, 2.45) is 4.99 Å². The third kappa shape index (κ3) is 3.07. The number of imidazole rings is 1. The highest BCUT2D eigenvalue weighted by atomic mass is 35.5. The number of hydrogen-bond donors (Lipinski definition) is 1. The fourth-order valence-electron chi connectivity index (χ4n) is 3.84. The number of nitrogens with zero attached hydrogens (tertiary/aromatic N) is 6. The van der Waals surface area contributed by atoms with Gasteiger partial charge in [0.2, 0.25) is 5.95 Å². The van der Waals surface area contributed by atoms with Crippen LogP contribution in [0.3, 0.4) is 0 Å². The van der Waals surface area contributed by atoms with E-state index in [9.17, 15) is 0 Å². The summed E-state index contributed by atoms with van der Waals surface area (Å²) in [5, 5.41) is 2.35. The normalized spacial score (nSPS) is 15.6. The van der Waals surface area contributed by atoms with Crippen molar-refractivity contribution in [3.63, 3.8) is 0 Å². The number of aryl methyl sites for hydroxylation is 2. The molecule has 0 spiro atoms. The van der Waals surface area contributed by atoms with Crippen LogP contribution in [0.15, 0.2) is 53.8 Å². The molecule has 2 aromatic heterocycles. The van der Waals surface area contributed by atoms with Crippen molar-refractivity contribution in [3.05, 3.63) is 75.6 Å². The zero-order chi connectivity index (χ0) is 20.8. The van der Waals surface area contributed by atoms with Crippen LogP contribution in [-0.4, -0.2) is 25.7 Å². The van der Waals surface area contributed by atoms with Crippen molar-refractivity contribution >= 4 is 40.6 Å². The molecule has 30 heavy (non-hydrogen) atoms. The van der Waals surface area contributed by atoms with E-state index in [0.29, 0.717) is 17.7 Å². The second-order valence-corrected chi connectivity index (χ2v) is 7.74. The van der Waals surface area contributed by atoms with Gasteiger partial charge in [-0.3, -0.25) is 4.99 Å². The number of nitrogen functional groups attached to an aromatic ring is 1. The largest absolute Gasteiger partial charge is 0.368 e. The molecule has 8 heteroatoms. The third-order valence-corrected chi connectivity index (χ3v) is 5.63. The summed E-state index contributed by atoms with van der Waals surface area (Å²) in [7, 11) is 0. The van der Waals surface area contributed by atoms with Gasteiger partial charge in [-0.1, -0.05) is 41.9 Å². The summed E-state index contributed by atoms with van der Waals surface area (Å²) in [6, 6.07) is 14.5. The maximum Gasteiger partial charge on any atom is 0.223 e. The molecule has 0 aliphatic carbocycles. The van der Waals surface area contributed by atoms with Gasteiger partial charge >= 0.3 is 0 Å². The number of aromatic nitrogens is 4. The van der Waals surface area contributed by atoms with Crippen LogP contribution in [0.2, 0.25) is 5.15 Å². The van der Waals surface area contributed by atoms with Crippen LogP contribution in [0.4, 0.5) is 11.6 Å². The lowest BCUT2D eigenvalue weighted by molar-refractivity contribution is 0.556. The van der Waals surface area contributed by atoms with Crippen LogP contribution < -0.4 is 21.2 Å². The molecule has 0 bridgehead atoms. The van der Waals surface area contributed by atoms with Crippen molar-refractivity contribution in [3.8, 4) is 0 Å². The van der Waals surface area contributed by atoms with Gasteiger partial charge in [0.25, 0.3) is 0 Å². The number of benzene rings is 2. The Morgan fingerprint density at radius 1 is 1.03 bits per heavy atom. The first-order valence-electron chi connectivity index (χ1n) is 9.64. The minimum absolute atomic E-state index is 0.123. The minimum atomic E-state index is -0.187. The number of hydrogen-bond acceptors (Lipinski definition) is 6. The number of para-hydroxylation sites is 1. The quantitative estimate of drug-likeness (QED) is 0.518. The van der Waals surface area contributed by atoms with Crippen LogP contribution in [0.25, 0.3) is 17.4 Å². The Labute approximate surface area is 178 Å². The van der Waals surface area contributed by atoms with Gasteiger partial charge in [-0.05, 0) is 37.1 Å². The molecule has 5 rings (SSSR count). The molecule has 7 nitrogen and oxygen atoms in total. The molecule has 0 radical (unpaired) electrons. The van der Waals surface area contributed by atoms with Crippen molar-refractivity contribution in [2.75, 3.05) is 10.6 Å². The minimum Gasteiger partial charge on any atom is -0.368 e. The van der Waals surface area contributed by atoms with Gasteiger partial charge in [-0.25, -0.2) is 4.98 Å². The Kier molecular flexibility index (Phi) is 4.40. The number of fused-ring (bicyclic) bond motifs is 2. The van der Waals surface area contributed by atoms with Crippen molar-refractivity contribution in [2.45, 2.75) is 26.6 Å². The Balaban J connectivity index is 1.66. The summed E-state index contributed by atoms with van der Waals surface area (Å²) in [6.45, 7) is 4.74. The second kappa shape index (κ2) is 7.11. The van der Waals surface area contributed by atoms with Crippen LogP contribution in [0, 0.1) is 13.8 Å². The molecule has 2 aromatic carbocycles. The zero-order valence-corrected chi connectivity index (χ0v) is 17.4. The summed E-state index contributed by atoms with van der Waals surface area (Å²) >= 11 is 6.20. The first-order chi connectivity index (χ1) is 14.5. The molecule has 1 atom stereocenters. The predicted molar refractivity (Wildman–Crippen MR) is 119 cm³/mol. The van der Waals surface area contributed by atoms with E-state index in [1.807, 2.05) is 28.8 Å². The van der Waals surface area contributed by atoms with Gasteiger partial charge < -0.3 is 15.2 Å². The lowest BCUT2D eigenvalue weighted by Gasteiger charge is -2.31. The lowest BCUT2D eigenvalue weighted by atomic mass is 10.1. The Morgan fingerprint density at radius 3 is 2.67 bits per heavy atom. The maximum absolute atomic E-state index is 6.20. The molecule has 1 aliphatic heterocycles. The number of rotatable bonds is 3. The van der Waals surface area contributed by atoms with Crippen molar-refractivity contribution in [1.82, 2.24) is 19.5 Å². The van der Waals surface area contributed by atoms with Gasteiger partial charge in [0.15, 0.2) is 10.8 Å². The average Bonchev–Trinajstić information content (AvgIpc) is 3.11. The van der Waals surface area contributed by atoms with Crippen LogP contribution in [0.5, 0.6) is 0 Å².